The molecule has 4 aromatic rings. The van der Waals surface area contributed by atoms with Gasteiger partial charge < -0.3 is 34.9 Å². The summed E-state index contributed by atoms with van der Waals surface area (Å²) < 4.78 is 23.0. The number of anilines is 3. The second kappa shape index (κ2) is 14.5. The lowest BCUT2D eigenvalue weighted by atomic mass is 10.0. The highest BCUT2D eigenvalue weighted by Gasteiger charge is 2.23. The lowest BCUT2D eigenvalue weighted by Gasteiger charge is -2.20. The maximum atomic E-state index is 13.2. The van der Waals surface area contributed by atoms with Gasteiger partial charge in [-0.15, -0.1) is 0 Å². The summed E-state index contributed by atoms with van der Waals surface area (Å²) >= 11 is 6.62. The quantitative estimate of drug-likeness (QED) is 0.167. The summed E-state index contributed by atoms with van der Waals surface area (Å²) in [5.74, 6) is 1.53. The number of ether oxygens (including phenoxy) is 4. The molecule has 2 fully saturated rings. The van der Waals surface area contributed by atoms with Gasteiger partial charge in [0.2, 0.25) is 5.91 Å². The van der Waals surface area contributed by atoms with Gasteiger partial charge in [0.25, 0.3) is 0 Å². The molecular formula is C35H34ClN5O5. The molecule has 1 unspecified atom stereocenters. The number of pyridine rings is 1. The molecule has 0 spiro atoms. The van der Waals surface area contributed by atoms with Gasteiger partial charge in [0.05, 0.1) is 42.1 Å². The number of benzene rings is 3. The van der Waals surface area contributed by atoms with Gasteiger partial charge >= 0.3 is 0 Å². The van der Waals surface area contributed by atoms with E-state index in [4.69, 9.17) is 30.5 Å². The number of nitriles is 1. The number of carbonyl (C=O) groups excluding carboxylic acids is 1. The summed E-state index contributed by atoms with van der Waals surface area (Å²) in [5.41, 5.74) is 4.48. The minimum absolute atomic E-state index is 0.139. The van der Waals surface area contributed by atoms with Crippen LogP contribution >= 0.6 is 11.6 Å². The van der Waals surface area contributed by atoms with E-state index in [1.165, 1.54) is 6.20 Å². The summed E-state index contributed by atoms with van der Waals surface area (Å²) in [6.07, 6.45) is 5.39. The van der Waals surface area contributed by atoms with E-state index in [2.05, 4.69) is 27.0 Å². The third kappa shape index (κ3) is 7.35. The first kappa shape index (κ1) is 31.2. The predicted molar refractivity (Wildman–Crippen MR) is 177 cm³/mol. The maximum absolute atomic E-state index is 13.2. The smallest absolute Gasteiger partial charge is 0.248 e. The van der Waals surface area contributed by atoms with E-state index in [-0.39, 0.29) is 12.0 Å². The van der Waals surface area contributed by atoms with Crippen LogP contribution in [0.2, 0.25) is 5.02 Å². The second-order valence-corrected chi connectivity index (χ2v) is 11.5. The highest BCUT2D eigenvalue weighted by molar-refractivity contribution is 6.32. The molecule has 0 saturated carbocycles. The fourth-order valence-electron chi connectivity index (χ4n) is 5.43. The van der Waals surface area contributed by atoms with Crippen molar-refractivity contribution in [3.8, 4) is 23.3 Å². The molecule has 3 heterocycles. The van der Waals surface area contributed by atoms with E-state index < -0.39 is 0 Å². The Labute approximate surface area is 272 Å². The van der Waals surface area contributed by atoms with Crippen molar-refractivity contribution in [2.45, 2.75) is 32.0 Å². The SMILES string of the molecule is COc1ccc(COc2ccc(Nc3c(C#N)cnc4c(NC(=O)C=C5CCNCC5)c(OC5CCOC5)ccc34)cc2Cl)cc1. The van der Waals surface area contributed by atoms with Crippen LogP contribution in [0.25, 0.3) is 10.9 Å². The Balaban J connectivity index is 1.29. The molecule has 0 bridgehead atoms. The van der Waals surface area contributed by atoms with Crippen LogP contribution in [0.3, 0.4) is 0 Å². The van der Waals surface area contributed by atoms with E-state index in [0.717, 1.165) is 49.2 Å². The summed E-state index contributed by atoms with van der Waals surface area (Å²) in [7, 11) is 1.62. The molecule has 3 N–H and O–H groups in total. The number of piperidine rings is 1. The van der Waals surface area contributed by atoms with E-state index in [9.17, 15) is 10.1 Å². The van der Waals surface area contributed by atoms with Crippen molar-refractivity contribution >= 4 is 45.5 Å². The Hall–Kier alpha value is -4.82. The Morgan fingerprint density at radius 3 is 2.65 bits per heavy atom. The lowest BCUT2D eigenvalue weighted by molar-refractivity contribution is -0.112. The zero-order valence-electron chi connectivity index (χ0n) is 25.4. The first-order chi connectivity index (χ1) is 22.5. The van der Waals surface area contributed by atoms with Crippen molar-refractivity contribution < 1.29 is 23.7 Å². The Bertz CT molecular complexity index is 1790. The summed E-state index contributed by atoms with van der Waals surface area (Å²) in [4.78, 5) is 17.9. The van der Waals surface area contributed by atoms with Gasteiger partial charge in [-0.1, -0.05) is 29.3 Å². The summed E-state index contributed by atoms with van der Waals surface area (Å²) in [6, 6.07) is 18.8. The lowest BCUT2D eigenvalue weighted by Crippen LogP contribution is -2.24. The monoisotopic (exact) mass is 639 g/mol. The minimum atomic E-state index is -0.255. The van der Waals surface area contributed by atoms with E-state index >= 15 is 0 Å². The number of halogens is 1. The molecule has 236 valence electrons. The van der Waals surface area contributed by atoms with Gasteiger partial charge in [-0.2, -0.15) is 5.26 Å². The number of amides is 1. The highest BCUT2D eigenvalue weighted by Crippen LogP contribution is 2.39. The van der Waals surface area contributed by atoms with Crippen molar-refractivity contribution in [3.63, 3.8) is 0 Å². The van der Waals surface area contributed by atoms with Crippen LogP contribution in [0, 0.1) is 11.3 Å². The second-order valence-electron chi connectivity index (χ2n) is 11.0. The van der Waals surface area contributed by atoms with Crippen molar-refractivity contribution in [1.82, 2.24) is 10.3 Å². The number of carbonyl (C=O) groups is 1. The van der Waals surface area contributed by atoms with Crippen LogP contribution in [0.4, 0.5) is 17.1 Å². The summed E-state index contributed by atoms with van der Waals surface area (Å²) in [5, 5.41) is 20.7. The van der Waals surface area contributed by atoms with Crippen LogP contribution in [0.1, 0.15) is 30.4 Å². The number of aromatic nitrogens is 1. The van der Waals surface area contributed by atoms with Crippen molar-refractivity contribution in [2.75, 3.05) is 44.0 Å². The number of fused-ring (bicyclic) bond motifs is 1. The molecular weight excluding hydrogens is 606 g/mol. The van der Waals surface area contributed by atoms with Crippen molar-refractivity contribution in [3.05, 3.63) is 88.6 Å². The molecule has 1 aromatic heterocycles. The maximum Gasteiger partial charge on any atom is 0.248 e. The number of nitrogens with one attached hydrogen (secondary N) is 3. The number of rotatable bonds is 10. The Kier molecular flexibility index (Phi) is 9.84. The third-order valence-electron chi connectivity index (χ3n) is 7.89. The van der Waals surface area contributed by atoms with E-state index in [1.807, 2.05) is 36.4 Å². The van der Waals surface area contributed by atoms with Gasteiger partial charge in [-0.05, 0) is 74.0 Å². The third-order valence-corrected chi connectivity index (χ3v) is 8.18. The first-order valence-electron chi connectivity index (χ1n) is 15.1. The van der Waals surface area contributed by atoms with Crippen molar-refractivity contribution in [2.24, 2.45) is 0 Å². The van der Waals surface area contributed by atoms with Gasteiger partial charge in [-0.25, -0.2) is 0 Å². The number of nitrogens with zero attached hydrogens (tertiary/aromatic N) is 2. The molecule has 46 heavy (non-hydrogen) atoms. The number of hydrogen-bond donors (Lipinski definition) is 3. The van der Waals surface area contributed by atoms with Crippen LogP contribution in [-0.4, -0.2) is 50.4 Å². The van der Waals surface area contributed by atoms with Crippen LogP contribution in [0.15, 0.2) is 72.4 Å². The Morgan fingerprint density at radius 1 is 1.13 bits per heavy atom. The standard InChI is InChI=1S/C35H34ClN5O5/c1-43-26-5-2-23(3-6-26)20-45-30-8-4-25(17-29(30)36)40-33-24(18-37)19-39-34-28(33)7-9-31(46-27-12-15-44-21-27)35(34)41-32(42)16-22-10-13-38-14-11-22/h2-9,16-17,19,27,38H,10-15,20-21H2,1H3,(H,39,40)(H,41,42). The van der Waals surface area contributed by atoms with E-state index in [1.54, 1.807) is 31.4 Å². The number of methoxy groups -OCH3 is 1. The molecule has 2 saturated heterocycles. The van der Waals surface area contributed by atoms with Gasteiger partial charge in [-0.3, -0.25) is 9.78 Å². The molecule has 0 aliphatic carbocycles. The predicted octanol–water partition coefficient (Wildman–Crippen LogP) is 6.51. The van der Waals surface area contributed by atoms with Gasteiger partial charge in [0, 0.05) is 29.8 Å². The average molecular weight is 640 g/mol. The van der Waals surface area contributed by atoms with Gasteiger partial charge in [0.1, 0.15) is 41.7 Å². The summed E-state index contributed by atoms with van der Waals surface area (Å²) in [6.45, 7) is 3.11. The molecule has 6 rings (SSSR count). The van der Waals surface area contributed by atoms with Crippen LogP contribution in [0.5, 0.6) is 17.2 Å². The average Bonchev–Trinajstić information content (AvgIpc) is 3.59. The fourth-order valence-corrected chi connectivity index (χ4v) is 5.67. The van der Waals surface area contributed by atoms with Gasteiger partial charge in [0.15, 0.2) is 0 Å². The highest BCUT2D eigenvalue weighted by atomic mass is 35.5. The number of hydrogen-bond acceptors (Lipinski definition) is 9. The zero-order valence-corrected chi connectivity index (χ0v) is 26.2. The molecule has 2 aliphatic heterocycles. The van der Waals surface area contributed by atoms with Crippen LogP contribution < -0.4 is 30.2 Å². The molecule has 1 amide bonds. The van der Waals surface area contributed by atoms with Crippen LogP contribution in [-0.2, 0) is 16.1 Å². The molecule has 0 radical (unpaired) electrons. The molecule has 11 heteroatoms. The molecule has 2 aliphatic rings. The minimum Gasteiger partial charge on any atom is -0.497 e. The first-order valence-corrected chi connectivity index (χ1v) is 15.5. The van der Waals surface area contributed by atoms with E-state index in [0.29, 0.717) is 69.9 Å². The topological polar surface area (TPSA) is 127 Å². The molecule has 10 nitrogen and oxygen atoms in total. The molecule has 3 aromatic carbocycles. The fraction of sp³-hybridized carbons (Fsp3) is 0.286. The zero-order chi connectivity index (χ0) is 31.9. The largest absolute Gasteiger partial charge is 0.497 e. The van der Waals surface area contributed by atoms with Crippen molar-refractivity contribution in [1.29, 1.82) is 5.26 Å². The molecule has 1 atom stereocenters. The Morgan fingerprint density at radius 2 is 1.93 bits per heavy atom. The normalized spacial score (nSPS) is 16.0.